The van der Waals surface area contributed by atoms with E-state index in [-0.39, 0.29) is 11.5 Å². The van der Waals surface area contributed by atoms with Crippen molar-refractivity contribution in [2.75, 3.05) is 7.11 Å². The van der Waals surface area contributed by atoms with Crippen LogP contribution in [-0.4, -0.2) is 12.2 Å². The van der Waals surface area contributed by atoms with Crippen LogP contribution in [0.4, 0.5) is 0 Å². The molecular formula is C11H14N2O2. The van der Waals surface area contributed by atoms with E-state index in [0.29, 0.717) is 11.1 Å². The second-order valence-electron chi connectivity index (χ2n) is 3.91. The Morgan fingerprint density at radius 3 is 2.47 bits per heavy atom. The minimum Gasteiger partial charge on any atom is -0.504 e. The molecule has 1 aromatic rings. The number of phenolic OH excluding ortho intramolecular Hbond substituents is 1. The molecular weight excluding hydrogens is 192 g/mol. The number of benzene rings is 1. The molecule has 0 aliphatic heterocycles. The van der Waals surface area contributed by atoms with Gasteiger partial charge in [0, 0.05) is 17.2 Å². The number of ether oxygens (including phenoxy) is 1. The number of nitrogens with two attached hydrogens (primary N) is 1. The fourth-order valence-corrected chi connectivity index (χ4v) is 1.32. The molecule has 4 nitrogen and oxygen atoms in total. The monoisotopic (exact) mass is 206 g/mol. The lowest BCUT2D eigenvalue weighted by atomic mass is 9.93. The molecule has 1 rings (SSSR count). The van der Waals surface area contributed by atoms with Gasteiger partial charge < -0.3 is 15.6 Å². The molecule has 0 atom stereocenters. The summed E-state index contributed by atoms with van der Waals surface area (Å²) in [5.74, 6) is 0.256. The lowest BCUT2D eigenvalue weighted by Gasteiger charge is -2.21. The maximum absolute atomic E-state index is 9.83. The molecule has 0 spiro atoms. The van der Waals surface area contributed by atoms with Gasteiger partial charge in [-0.15, -0.1) is 0 Å². The summed E-state index contributed by atoms with van der Waals surface area (Å²) in [6.07, 6.45) is 0. The number of rotatable bonds is 2. The third kappa shape index (κ3) is 2.20. The Labute approximate surface area is 88.9 Å². The van der Waals surface area contributed by atoms with E-state index in [2.05, 4.69) is 0 Å². The van der Waals surface area contributed by atoms with Crippen molar-refractivity contribution in [1.82, 2.24) is 0 Å². The maximum atomic E-state index is 9.83. The van der Waals surface area contributed by atoms with Crippen LogP contribution in [0.15, 0.2) is 12.1 Å². The summed E-state index contributed by atoms with van der Waals surface area (Å²) in [4.78, 5) is 0. The maximum Gasteiger partial charge on any atom is 0.162 e. The van der Waals surface area contributed by atoms with Crippen LogP contribution in [0.3, 0.4) is 0 Å². The molecule has 0 fully saturated rings. The predicted octanol–water partition coefficient (Wildman–Crippen LogP) is 1.47. The summed E-state index contributed by atoms with van der Waals surface area (Å²) in [6.45, 7) is 3.51. The van der Waals surface area contributed by atoms with E-state index in [9.17, 15) is 5.11 Å². The van der Waals surface area contributed by atoms with E-state index in [4.69, 9.17) is 15.7 Å². The first-order chi connectivity index (χ1) is 6.90. The van der Waals surface area contributed by atoms with E-state index in [1.807, 2.05) is 6.07 Å². The number of nitriles is 1. The van der Waals surface area contributed by atoms with Crippen molar-refractivity contribution in [1.29, 1.82) is 5.26 Å². The van der Waals surface area contributed by atoms with Crippen molar-refractivity contribution in [3.05, 3.63) is 23.3 Å². The highest BCUT2D eigenvalue weighted by Gasteiger charge is 2.22. The van der Waals surface area contributed by atoms with Gasteiger partial charge in [-0.3, -0.25) is 0 Å². The van der Waals surface area contributed by atoms with Gasteiger partial charge in [0.15, 0.2) is 11.5 Å². The number of phenols is 1. The summed E-state index contributed by atoms with van der Waals surface area (Å²) in [7, 11) is 1.43. The number of hydrogen-bond acceptors (Lipinski definition) is 4. The van der Waals surface area contributed by atoms with Gasteiger partial charge in [0.1, 0.15) is 0 Å². The SMILES string of the molecule is COc1cc(C#N)cc(C(C)(C)N)c1O. The Kier molecular flexibility index (Phi) is 2.87. The minimum atomic E-state index is -0.718. The van der Waals surface area contributed by atoms with Gasteiger partial charge in [0.25, 0.3) is 0 Å². The zero-order chi connectivity index (χ0) is 11.6. The molecule has 0 saturated heterocycles. The standard InChI is InChI=1S/C11H14N2O2/c1-11(2,13)8-4-7(6-12)5-9(15-3)10(8)14/h4-5,14H,13H2,1-3H3. The van der Waals surface area contributed by atoms with Gasteiger partial charge in [0.2, 0.25) is 0 Å². The van der Waals surface area contributed by atoms with Crippen molar-refractivity contribution in [2.45, 2.75) is 19.4 Å². The highest BCUT2D eigenvalue weighted by molar-refractivity contribution is 5.53. The van der Waals surface area contributed by atoms with Crippen molar-refractivity contribution in [3.63, 3.8) is 0 Å². The first-order valence-corrected chi connectivity index (χ1v) is 4.50. The predicted molar refractivity (Wildman–Crippen MR) is 56.6 cm³/mol. The molecule has 0 saturated carbocycles. The summed E-state index contributed by atoms with van der Waals surface area (Å²) in [5.41, 5.74) is 6.08. The number of hydrogen-bond donors (Lipinski definition) is 2. The molecule has 0 aliphatic carbocycles. The third-order valence-corrected chi connectivity index (χ3v) is 2.12. The molecule has 3 N–H and O–H groups in total. The summed E-state index contributed by atoms with van der Waals surface area (Å²) in [6, 6.07) is 5.04. The minimum absolute atomic E-state index is 0.0102. The van der Waals surface area contributed by atoms with Crippen LogP contribution in [0.1, 0.15) is 25.0 Å². The van der Waals surface area contributed by atoms with Crippen LogP contribution >= 0.6 is 0 Å². The Morgan fingerprint density at radius 2 is 2.07 bits per heavy atom. The quantitative estimate of drug-likeness (QED) is 0.767. The molecule has 0 amide bonds. The molecule has 15 heavy (non-hydrogen) atoms. The van der Waals surface area contributed by atoms with E-state index in [0.717, 1.165) is 0 Å². The Balaban J connectivity index is 3.46. The molecule has 0 bridgehead atoms. The van der Waals surface area contributed by atoms with Crippen molar-refractivity contribution < 1.29 is 9.84 Å². The molecule has 0 aliphatic rings. The molecule has 0 unspecified atom stereocenters. The van der Waals surface area contributed by atoms with Gasteiger partial charge in [-0.2, -0.15) is 5.26 Å². The highest BCUT2D eigenvalue weighted by Crippen LogP contribution is 2.36. The fraction of sp³-hybridized carbons (Fsp3) is 0.364. The first-order valence-electron chi connectivity index (χ1n) is 4.50. The summed E-state index contributed by atoms with van der Waals surface area (Å²) >= 11 is 0. The van der Waals surface area contributed by atoms with Crippen LogP contribution in [0.5, 0.6) is 11.5 Å². The zero-order valence-electron chi connectivity index (χ0n) is 9.03. The average Bonchev–Trinajstić information content (AvgIpc) is 2.16. The molecule has 0 aromatic heterocycles. The van der Waals surface area contributed by atoms with Crippen LogP contribution in [0, 0.1) is 11.3 Å². The van der Waals surface area contributed by atoms with E-state index >= 15 is 0 Å². The molecule has 1 aromatic carbocycles. The Hall–Kier alpha value is -1.73. The summed E-state index contributed by atoms with van der Waals surface area (Å²) < 4.78 is 4.97. The second kappa shape index (κ2) is 3.79. The van der Waals surface area contributed by atoms with Crippen LogP contribution in [0.2, 0.25) is 0 Å². The van der Waals surface area contributed by atoms with Gasteiger partial charge in [-0.1, -0.05) is 0 Å². The number of methoxy groups -OCH3 is 1. The number of aromatic hydroxyl groups is 1. The topological polar surface area (TPSA) is 79.3 Å². The largest absolute Gasteiger partial charge is 0.504 e. The first kappa shape index (κ1) is 11.3. The Bertz CT molecular complexity index is 414. The van der Waals surface area contributed by atoms with Gasteiger partial charge in [0.05, 0.1) is 18.7 Å². The van der Waals surface area contributed by atoms with Crippen LogP contribution in [-0.2, 0) is 5.54 Å². The van der Waals surface area contributed by atoms with Gasteiger partial charge >= 0.3 is 0 Å². The van der Waals surface area contributed by atoms with Crippen molar-refractivity contribution in [2.24, 2.45) is 5.73 Å². The van der Waals surface area contributed by atoms with Crippen molar-refractivity contribution >= 4 is 0 Å². The Morgan fingerprint density at radius 1 is 1.47 bits per heavy atom. The average molecular weight is 206 g/mol. The van der Waals surface area contributed by atoms with E-state index < -0.39 is 5.54 Å². The van der Waals surface area contributed by atoms with Crippen LogP contribution < -0.4 is 10.5 Å². The lowest BCUT2D eigenvalue weighted by Crippen LogP contribution is -2.28. The number of nitrogens with zero attached hydrogens (tertiary/aromatic N) is 1. The van der Waals surface area contributed by atoms with E-state index in [1.54, 1.807) is 19.9 Å². The third-order valence-electron chi connectivity index (χ3n) is 2.12. The van der Waals surface area contributed by atoms with Gasteiger partial charge in [-0.25, -0.2) is 0 Å². The lowest BCUT2D eigenvalue weighted by molar-refractivity contribution is 0.362. The van der Waals surface area contributed by atoms with Crippen LogP contribution in [0.25, 0.3) is 0 Å². The molecule has 80 valence electrons. The summed E-state index contributed by atoms with van der Waals surface area (Å²) in [5, 5.41) is 18.6. The molecule has 4 heteroatoms. The molecule has 0 heterocycles. The highest BCUT2D eigenvalue weighted by atomic mass is 16.5. The normalized spacial score (nSPS) is 10.9. The zero-order valence-corrected chi connectivity index (χ0v) is 9.03. The van der Waals surface area contributed by atoms with Gasteiger partial charge in [-0.05, 0) is 19.9 Å². The second-order valence-corrected chi connectivity index (χ2v) is 3.91. The smallest absolute Gasteiger partial charge is 0.162 e. The molecule has 0 radical (unpaired) electrons. The van der Waals surface area contributed by atoms with Crippen molar-refractivity contribution in [3.8, 4) is 17.6 Å². The van der Waals surface area contributed by atoms with E-state index in [1.165, 1.54) is 13.2 Å². The fourth-order valence-electron chi connectivity index (χ4n) is 1.32.